The lowest BCUT2D eigenvalue weighted by molar-refractivity contribution is 0.00590. The number of fused-ring (bicyclic) bond motifs is 1. The highest BCUT2D eigenvalue weighted by atomic mass is 16.3. The fourth-order valence-corrected chi connectivity index (χ4v) is 2.30. The summed E-state index contributed by atoms with van der Waals surface area (Å²) in [5.41, 5.74) is 0.000901. The molecule has 2 rings (SSSR count). The fraction of sp³-hybridized carbons (Fsp3) is 0.471. The number of carbonyl (C=O) groups excluding carboxylic acids is 1. The van der Waals surface area contributed by atoms with Gasteiger partial charge in [-0.05, 0) is 37.5 Å². The summed E-state index contributed by atoms with van der Waals surface area (Å²) in [6, 6.07) is 3.56. The van der Waals surface area contributed by atoms with Crippen LogP contribution in [0.15, 0.2) is 29.3 Å². The Morgan fingerprint density at radius 3 is 2.87 bits per heavy atom. The highest BCUT2D eigenvalue weighted by molar-refractivity contribution is 5.93. The Hall–Kier alpha value is -2.21. The van der Waals surface area contributed by atoms with E-state index in [4.69, 9.17) is 0 Å². The number of nitrogens with one attached hydrogen (secondary N) is 1. The Bertz CT molecular complexity index is 780. The molecule has 2 aromatic heterocycles. The average Bonchev–Trinajstić information content (AvgIpc) is 2.52. The number of rotatable bonds is 5. The highest BCUT2D eigenvalue weighted by Gasteiger charge is 2.28. The number of aliphatic hydroxyl groups is 1. The standard InChI is InChI=1S/C17H23N3O3/c1-5-12(3)17(4,23)10-19-15(21)13-9-18-14-8-11(2)6-7-20(14)16(13)22/h6-9,12,23H,5,10H2,1-4H3,(H,19,21). The van der Waals surface area contributed by atoms with Gasteiger partial charge in [0.2, 0.25) is 0 Å². The quantitative estimate of drug-likeness (QED) is 0.876. The van der Waals surface area contributed by atoms with E-state index in [0.717, 1.165) is 12.0 Å². The third-order valence-corrected chi connectivity index (χ3v) is 4.39. The van der Waals surface area contributed by atoms with E-state index in [2.05, 4.69) is 10.3 Å². The van der Waals surface area contributed by atoms with E-state index < -0.39 is 17.1 Å². The van der Waals surface area contributed by atoms with E-state index in [1.165, 1.54) is 10.6 Å². The molecule has 1 amide bonds. The van der Waals surface area contributed by atoms with Gasteiger partial charge in [0.15, 0.2) is 0 Å². The summed E-state index contributed by atoms with van der Waals surface area (Å²) in [4.78, 5) is 28.8. The van der Waals surface area contributed by atoms with Crippen molar-refractivity contribution < 1.29 is 9.90 Å². The molecule has 6 heteroatoms. The van der Waals surface area contributed by atoms with Crippen LogP contribution in [0.2, 0.25) is 0 Å². The van der Waals surface area contributed by atoms with Crippen molar-refractivity contribution in [2.24, 2.45) is 5.92 Å². The average molecular weight is 317 g/mol. The maximum absolute atomic E-state index is 12.4. The molecule has 2 atom stereocenters. The zero-order valence-electron chi connectivity index (χ0n) is 14.0. The molecular weight excluding hydrogens is 294 g/mol. The van der Waals surface area contributed by atoms with Gasteiger partial charge in [-0.2, -0.15) is 0 Å². The number of carbonyl (C=O) groups is 1. The van der Waals surface area contributed by atoms with Gasteiger partial charge in [0.1, 0.15) is 11.2 Å². The van der Waals surface area contributed by atoms with Crippen LogP contribution in [0.3, 0.4) is 0 Å². The van der Waals surface area contributed by atoms with Gasteiger partial charge in [-0.15, -0.1) is 0 Å². The molecule has 23 heavy (non-hydrogen) atoms. The third-order valence-electron chi connectivity index (χ3n) is 4.39. The maximum atomic E-state index is 12.4. The zero-order chi connectivity index (χ0) is 17.2. The molecule has 124 valence electrons. The second-order valence-corrected chi connectivity index (χ2v) is 6.26. The van der Waals surface area contributed by atoms with Crippen molar-refractivity contribution in [3.05, 3.63) is 46.0 Å². The molecule has 0 aromatic carbocycles. The summed E-state index contributed by atoms with van der Waals surface area (Å²) in [7, 11) is 0. The monoisotopic (exact) mass is 317 g/mol. The fourth-order valence-electron chi connectivity index (χ4n) is 2.30. The molecule has 2 unspecified atom stereocenters. The Kier molecular flexibility index (Phi) is 4.85. The minimum absolute atomic E-state index is 0.0293. The van der Waals surface area contributed by atoms with E-state index >= 15 is 0 Å². The molecule has 2 N–H and O–H groups in total. The first-order chi connectivity index (χ1) is 10.8. The van der Waals surface area contributed by atoms with Crippen molar-refractivity contribution in [1.29, 1.82) is 0 Å². The molecule has 0 radical (unpaired) electrons. The van der Waals surface area contributed by atoms with Crippen LogP contribution < -0.4 is 10.9 Å². The van der Waals surface area contributed by atoms with Gasteiger partial charge in [0, 0.05) is 18.9 Å². The summed E-state index contributed by atoms with van der Waals surface area (Å²) in [6.45, 7) is 7.56. The molecule has 2 heterocycles. The van der Waals surface area contributed by atoms with Crippen LogP contribution in [0.4, 0.5) is 0 Å². The smallest absolute Gasteiger partial charge is 0.270 e. The van der Waals surface area contributed by atoms with Crippen molar-refractivity contribution in [3.63, 3.8) is 0 Å². The second-order valence-electron chi connectivity index (χ2n) is 6.26. The number of nitrogens with zero attached hydrogens (tertiary/aromatic N) is 2. The Balaban J connectivity index is 2.24. The number of hydrogen-bond acceptors (Lipinski definition) is 4. The SMILES string of the molecule is CCC(C)C(C)(O)CNC(=O)c1cnc2cc(C)ccn2c1=O. The number of aryl methyl sites for hydroxylation is 1. The first-order valence-corrected chi connectivity index (χ1v) is 7.75. The predicted molar refractivity (Wildman–Crippen MR) is 88.6 cm³/mol. The highest BCUT2D eigenvalue weighted by Crippen LogP contribution is 2.18. The second kappa shape index (κ2) is 6.50. The van der Waals surface area contributed by atoms with Crippen molar-refractivity contribution >= 4 is 11.6 Å². The van der Waals surface area contributed by atoms with Crippen molar-refractivity contribution in [1.82, 2.24) is 14.7 Å². The van der Waals surface area contributed by atoms with Crippen LogP contribution in [0.5, 0.6) is 0 Å². The normalized spacial score (nSPS) is 15.2. The summed E-state index contributed by atoms with van der Waals surface area (Å²) in [5.74, 6) is -0.498. The molecule has 0 aliphatic carbocycles. The number of aromatic nitrogens is 2. The van der Waals surface area contributed by atoms with Crippen molar-refractivity contribution in [2.45, 2.75) is 39.7 Å². The van der Waals surface area contributed by atoms with Crippen LogP contribution in [0.1, 0.15) is 43.1 Å². The summed E-state index contributed by atoms with van der Waals surface area (Å²) in [5, 5.41) is 13.0. The first-order valence-electron chi connectivity index (χ1n) is 7.75. The molecule has 0 saturated carbocycles. The van der Waals surface area contributed by atoms with Crippen LogP contribution in [-0.2, 0) is 0 Å². The van der Waals surface area contributed by atoms with Gasteiger partial charge >= 0.3 is 0 Å². The van der Waals surface area contributed by atoms with E-state index in [-0.39, 0.29) is 18.0 Å². The summed E-state index contributed by atoms with van der Waals surface area (Å²) < 4.78 is 1.34. The maximum Gasteiger partial charge on any atom is 0.270 e. The molecule has 0 aliphatic rings. The molecular formula is C17H23N3O3. The Morgan fingerprint density at radius 1 is 1.52 bits per heavy atom. The summed E-state index contributed by atoms with van der Waals surface area (Å²) in [6.07, 6.45) is 3.68. The van der Waals surface area contributed by atoms with Crippen LogP contribution in [0.25, 0.3) is 5.65 Å². The minimum Gasteiger partial charge on any atom is -0.388 e. The molecule has 0 bridgehead atoms. The van der Waals surface area contributed by atoms with Crippen LogP contribution in [-0.4, -0.2) is 32.5 Å². The van der Waals surface area contributed by atoms with Gasteiger partial charge < -0.3 is 10.4 Å². The van der Waals surface area contributed by atoms with Gasteiger partial charge in [-0.3, -0.25) is 14.0 Å². The predicted octanol–water partition coefficient (Wildman–Crippen LogP) is 1.53. The molecule has 0 spiro atoms. The van der Waals surface area contributed by atoms with Crippen LogP contribution in [0, 0.1) is 12.8 Å². The van der Waals surface area contributed by atoms with E-state index in [9.17, 15) is 14.7 Å². The van der Waals surface area contributed by atoms with E-state index in [1.807, 2.05) is 20.8 Å². The van der Waals surface area contributed by atoms with E-state index in [0.29, 0.717) is 5.65 Å². The zero-order valence-corrected chi connectivity index (χ0v) is 14.0. The third kappa shape index (κ3) is 3.59. The Labute approximate surface area is 135 Å². The first kappa shape index (κ1) is 17.1. The largest absolute Gasteiger partial charge is 0.388 e. The van der Waals surface area contributed by atoms with Crippen molar-refractivity contribution in [3.8, 4) is 0 Å². The van der Waals surface area contributed by atoms with E-state index in [1.54, 1.807) is 25.3 Å². The molecule has 6 nitrogen and oxygen atoms in total. The Morgan fingerprint density at radius 2 is 2.22 bits per heavy atom. The van der Waals surface area contributed by atoms with Crippen LogP contribution >= 0.6 is 0 Å². The number of amides is 1. The van der Waals surface area contributed by atoms with Gasteiger partial charge in [0.05, 0.1) is 5.60 Å². The molecule has 0 saturated heterocycles. The lowest BCUT2D eigenvalue weighted by atomic mass is 9.88. The van der Waals surface area contributed by atoms with Gasteiger partial charge in [-0.25, -0.2) is 4.98 Å². The number of hydrogen-bond donors (Lipinski definition) is 2. The minimum atomic E-state index is -1.03. The lowest BCUT2D eigenvalue weighted by Crippen LogP contribution is -2.46. The molecule has 0 aliphatic heterocycles. The molecule has 2 aromatic rings. The lowest BCUT2D eigenvalue weighted by Gasteiger charge is -2.29. The topological polar surface area (TPSA) is 83.7 Å². The van der Waals surface area contributed by atoms with Gasteiger partial charge in [0.25, 0.3) is 11.5 Å². The number of pyridine rings is 1. The molecule has 0 fully saturated rings. The van der Waals surface area contributed by atoms with Crippen molar-refractivity contribution in [2.75, 3.05) is 6.54 Å². The van der Waals surface area contributed by atoms with Gasteiger partial charge in [-0.1, -0.05) is 20.3 Å². The summed E-state index contributed by atoms with van der Waals surface area (Å²) >= 11 is 0.